The second kappa shape index (κ2) is 8.01. The van der Waals surface area contributed by atoms with Gasteiger partial charge in [-0.15, -0.1) is 0 Å². The molecular formula is C22H24FN7O2S. The highest BCUT2D eigenvalue weighted by Crippen LogP contribution is 2.29. The number of hydrogen-bond donors (Lipinski definition) is 1. The highest BCUT2D eigenvalue weighted by Gasteiger charge is 2.25. The lowest BCUT2D eigenvalue weighted by molar-refractivity contribution is 0.180. The molecular weight excluding hydrogens is 445 g/mol. The zero-order valence-corrected chi connectivity index (χ0v) is 19.2. The fraction of sp³-hybridized carbons (Fsp3) is 0.318. The second-order valence-electron chi connectivity index (χ2n) is 8.36. The minimum absolute atomic E-state index is 0.322. The van der Waals surface area contributed by atoms with E-state index in [1.807, 2.05) is 13.0 Å². The Morgan fingerprint density at radius 1 is 1.12 bits per heavy atom. The lowest BCUT2D eigenvalue weighted by Gasteiger charge is -2.33. The van der Waals surface area contributed by atoms with Crippen molar-refractivity contribution >= 4 is 32.4 Å². The maximum absolute atomic E-state index is 13.7. The molecule has 0 spiro atoms. The highest BCUT2D eigenvalue weighted by atomic mass is 32.2. The second-order valence-corrected chi connectivity index (χ2v) is 10.3. The van der Waals surface area contributed by atoms with Crippen LogP contribution < -0.4 is 5.73 Å². The number of benzene rings is 1. The number of rotatable bonds is 4. The Balaban J connectivity index is 1.49. The first kappa shape index (κ1) is 21.7. The molecule has 11 heteroatoms. The van der Waals surface area contributed by atoms with Crippen LogP contribution in [0.4, 0.5) is 10.2 Å². The number of anilines is 1. The number of halogens is 1. The summed E-state index contributed by atoms with van der Waals surface area (Å²) in [5.41, 5.74) is 10.9. The number of nitrogens with two attached hydrogens (primary N) is 1. The van der Waals surface area contributed by atoms with Crippen LogP contribution in [0, 0.1) is 12.7 Å². The van der Waals surface area contributed by atoms with Gasteiger partial charge in [0.05, 0.1) is 23.7 Å². The van der Waals surface area contributed by atoms with E-state index in [4.69, 9.17) is 10.7 Å². The van der Waals surface area contributed by atoms with Gasteiger partial charge in [0, 0.05) is 61.0 Å². The first-order chi connectivity index (χ1) is 15.7. The number of nitrogen functional groups attached to an aromatic ring is 1. The van der Waals surface area contributed by atoms with Gasteiger partial charge in [-0.1, -0.05) is 0 Å². The summed E-state index contributed by atoms with van der Waals surface area (Å²) in [6.07, 6.45) is 4.65. The fourth-order valence-electron chi connectivity index (χ4n) is 4.18. The molecule has 1 saturated heterocycles. The van der Waals surface area contributed by atoms with Crippen molar-refractivity contribution in [1.82, 2.24) is 28.8 Å². The van der Waals surface area contributed by atoms with Gasteiger partial charge in [-0.05, 0) is 31.2 Å². The lowest BCUT2D eigenvalue weighted by atomic mass is 10.1. The molecule has 5 rings (SSSR count). The quantitative estimate of drug-likeness (QED) is 0.487. The Morgan fingerprint density at radius 2 is 1.88 bits per heavy atom. The zero-order chi connectivity index (χ0) is 23.3. The minimum atomic E-state index is -3.18. The van der Waals surface area contributed by atoms with Gasteiger partial charge >= 0.3 is 0 Å². The molecule has 4 heterocycles. The Hall–Kier alpha value is -3.15. The summed E-state index contributed by atoms with van der Waals surface area (Å²) in [5.74, 6) is 0.174. The number of sulfonamides is 1. The van der Waals surface area contributed by atoms with E-state index in [1.54, 1.807) is 23.0 Å². The zero-order valence-electron chi connectivity index (χ0n) is 18.4. The first-order valence-corrected chi connectivity index (χ1v) is 12.4. The van der Waals surface area contributed by atoms with E-state index in [9.17, 15) is 12.8 Å². The predicted octanol–water partition coefficient (Wildman–Crippen LogP) is 2.05. The van der Waals surface area contributed by atoms with Crippen molar-refractivity contribution in [3.8, 4) is 11.1 Å². The van der Waals surface area contributed by atoms with E-state index in [0.717, 1.165) is 22.4 Å². The molecule has 172 valence electrons. The molecule has 33 heavy (non-hydrogen) atoms. The van der Waals surface area contributed by atoms with E-state index < -0.39 is 10.0 Å². The van der Waals surface area contributed by atoms with Crippen LogP contribution in [0.1, 0.15) is 11.3 Å². The number of pyridine rings is 1. The summed E-state index contributed by atoms with van der Waals surface area (Å²) in [6, 6.07) is 6.35. The van der Waals surface area contributed by atoms with Gasteiger partial charge in [0.2, 0.25) is 10.0 Å². The summed E-state index contributed by atoms with van der Waals surface area (Å²) >= 11 is 0. The van der Waals surface area contributed by atoms with Crippen LogP contribution in [0.2, 0.25) is 0 Å². The van der Waals surface area contributed by atoms with Gasteiger partial charge < -0.3 is 5.73 Å². The topological polar surface area (TPSA) is 110 Å². The number of aromatic nitrogens is 4. The molecule has 1 aliphatic rings. The molecule has 4 aromatic rings. The average molecular weight is 470 g/mol. The lowest BCUT2D eigenvalue weighted by Crippen LogP contribution is -2.48. The molecule has 1 aromatic carbocycles. The smallest absolute Gasteiger partial charge is 0.211 e. The van der Waals surface area contributed by atoms with E-state index >= 15 is 0 Å². The van der Waals surface area contributed by atoms with E-state index in [0.29, 0.717) is 55.1 Å². The van der Waals surface area contributed by atoms with Crippen LogP contribution in [0.3, 0.4) is 0 Å². The van der Waals surface area contributed by atoms with Crippen molar-refractivity contribution in [2.24, 2.45) is 0 Å². The molecule has 3 aromatic heterocycles. The highest BCUT2D eigenvalue weighted by molar-refractivity contribution is 7.88. The third kappa shape index (κ3) is 4.03. The van der Waals surface area contributed by atoms with Gasteiger partial charge in [0.25, 0.3) is 0 Å². The van der Waals surface area contributed by atoms with Crippen molar-refractivity contribution in [3.63, 3.8) is 0 Å². The van der Waals surface area contributed by atoms with Crippen molar-refractivity contribution in [2.75, 3.05) is 38.2 Å². The number of piperazine rings is 1. The average Bonchev–Trinajstić information content (AvgIpc) is 3.20. The SMILES string of the molecule is Cc1c(CN2CCN(S(C)(=O)=O)CC2)nc2c(-c3cnc4ccc(F)cc4c3)cnn2c1N. The molecule has 0 saturated carbocycles. The summed E-state index contributed by atoms with van der Waals surface area (Å²) in [4.78, 5) is 11.5. The first-order valence-electron chi connectivity index (χ1n) is 10.6. The Labute approximate surface area is 190 Å². The predicted molar refractivity (Wildman–Crippen MR) is 125 cm³/mol. The van der Waals surface area contributed by atoms with E-state index in [-0.39, 0.29) is 5.82 Å². The normalized spacial score (nSPS) is 16.1. The monoisotopic (exact) mass is 469 g/mol. The van der Waals surface area contributed by atoms with Crippen LogP contribution in [0.15, 0.2) is 36.7 Å². The maximum atomic E-state index is 13.7. The molecule has 1 aliphatic heterocycles. The van der Waals surface area contributed by atoms with Gasteiger partial charge in [-0.25, -0.2) is 17.8 Å². The molecule has 1 fully saturated rings. The number of hydrogen-bond acceptors (Lipinski definition) is 7. The van der Waals surface area contributed by atoms with Crippen LogP contribution >= 0.6 is 0 Å². The van der Waals surface area contributed by atoms with Crippen molar-refractivity contribution in [1.29, 1.82) is 0 Å². The molecule has 0 unspecified atom stereocenters. The van der Waals surface area contributed by atoms with Gasteiger partial charge in [-0.2, -0.15) is 13.9 Å². The van der Waals surface area contributed by atoms with Crippen molar-refractivity contribution < 1.29 is 12.8 Å². The van der Waals surface area contributed by atoms with Crippen LogP contribution in [-0.2, 0) is 16.6 Å². The van der Waals surface area contributed by atoms with Crippen LogP contribution in [0.5, 0.6) is 0 Å². The van der Waals surface area contributed by atoms with Gasteiger partial charge in [0.15, 0.2) is 5.65 Å². The number of nitrogens with zero attached hydrogens (tertiary/aromatic N) is 6. The maximum Gasteiger partial charge on any atom is 0.211 e. The standard InChI is InChI=1S/C22H24FN7O2S/c1-14-20(13-28-5-7-29(8-6-28)33(2,31)32)27-22-18(12-26-30(22)21(14)24)16-9-15-10-17(23)3-4-19(15)25-11-16/h3-4,9-12H,5-8,13,24H2,1-2H3. The molecule has 0 bridgehead atoms. The summed E-state index contributed by atoms with van der Waals surface area (Å²) < 4.78 is 40.4. The van der Waals surface area contributed by atoms with Crippen LogP contribution in [-0.4, -0.2) is 69.6 Å². The van der Waals surface area contributed by atoms with Gasteiger partial charge in [0.1, 0.15) is 11.6 Å². The summed E-state index contributed by atoms with van der Waals surface area (Å²) in [6.45, 7) is 4.60. The molecule has 0 amide bonds. The van der Waals surface area contributed by atoms with Gasteiger partial charge in [-0.3, -0.25) is 9.88 Å². The Bertz CT molecular complexity index is 1480. The largest absolute Gasteiger partial charge is 0.383 e. The molecule has 9 nitrogen and oxygen atoms in total. The molecule has 0 radical (unpaired) electrons. The summed E-state index contributed by atoms with van der Waals surface area (Å²) in [7, 11) is -3.18. The third-order valence-corrected chi connectivity index (χ3v) is 7.46. The van der Waals surface area contributed by atoms with Crippen molar-refractivity contribution in [3.05, 3.63) is 53.7 Å². The third-order valence-electron chi connectivity index (χ3n) is 6.16. The van der Waals surface area contributed by atoms with Crippen LogP contribution in [0.25, 0.3) is 27.7 Å². The van der Waals surface area contributed by atoms with E-state index in [2.05, 4.69) is 15.0 Å². The number of fused-ring (bicyclic) bond motifs is 2. The molecule has 2 N–H and O–H groups in total. The Kier molecular flexibility index (Phi) is 5.26. The molecule has 0 aliphatic carbocycles. The minimum Gasteiger partial charge on any atom is -0.383 e. The fourth-order valence-corrected chi connectivity index (χ4v) is 5.01. The summed E-state index contributed by atoms with van der Waals surface area (Å²) in [5, 5.41) is 5.11. The van der Waals surface area contributed by atoms with Crippen molar-refractivity contribution in [2.45, 2.75) is 13.5 Å². The Morgan fingerprint density at radius 3 is 2.61 bits per heavy atom. The molecule has 0 atom stereocenters. The van der Waals surface area contributed by atoms with E-state index in [1.165, 1.54) is 22.7 Å².